The van der Waals surface area contributed by atoms with E-state index in [2.05, 4.69) is 4.98 Å². The van der Waals surface area contributed by atoms with Gasteiger partial charge < -0.3 is 23.9 Å². The first kappa shape index (κ1) is 37.1. The lowest BCUT2D eigenvalue weighted by atomic mass is 9.64. The lowest BCUT2D eigenvalue weighted by Crippen LogP contribution is -2.59. The third kappa shape index (κ3) is 5.01. The van der Waals surface area contributed by atoms with Crippen LogP contribution in [0.5, 0.6) is 23.0 Å². The predicted molar refractivity (Wildman–Crippen MR) is 202 cm³/mol. The summed E-state index contributed by atoms with van der Waals surface area (Å²) in [6.45, 7) is -0.396. The minimum Gasteiger partial charge on any atom is -0.504 e. The van der Waals surface area contributed by atoms with Gasteiger partial charge in [0.05, 0.1) is 50.6 Å². The van der Waals surface area contributed by atoms with Crippen molar-refractivity contribution in [2.24, 2.45) is 7.05 Å². The van der Waals surface area contributed by atoms with Crippen molar-refractivity contribution in [1.82, 2.24) is 23.5 Å². The number of methoxy groups -OCH3 is 3. The maximum absolute atomic E-state index is 14.6. The SMILES string of the molecule is COc1cc2nc(CCn3c(=O)n4n(c3=O)C3CC5(Cl)C(=O)N(c6ccc(F)cc6)C(=O)C5(Cl)C(c5cccc(OC)c5O)C3=CC4)c(=O)n(C)c2cc1OC. The fraction of sp³-hybridized carbons (Fsp3) is 0.316. The third-order valence-electron chi connectivity index (χ3n) is 11.0. The van der Waals surface area contributed by atoms with E-state index in [1.165, 1.54) is 59.5 Å². The molecule has 290 valence electrons. The summed E-state index contributed by atoms with van der Waals surface area (Å²) in [6.07, 6.45) is 1.10. The number of benzene rings is 3. The van der Waals surface area contributed by atoms with E-state index in [4.69, 9.17) is 37.4 Å². The van der Waals surface area contributed by atoms with E-state index in [1.807, 2.05) is 0 Å². The quantitative estimate of drug-likeness (QED) is 0.140. The summed E-state index contributed by atoms with van der Waals surface area (Å²) in [7, 11) is 5.84. The molecule has 0 spiro atoms. The number of fused-ring (bicyclic) bond motifs is 5. The number of carbonyl (C=O) groups excluding carboxylic acids is 2. The number of anilines is 1. The lowest BCUT2D eigenvalue weighted by Gasteiger charge is -2.49. The van der Waals surface area contributed by atoms with Crippen LogP contribution in [0.15, 0.2) is 80.6 Å². The number of carbonyl (C=O) groups is 2. The van der Waals surface area contributed by atoms with Crippen LogP contribution in [-0.2, 0) is 36.1 Å². The Kier molecular flexibility index (Phi) is 8.69. The summed E-state index contributed by atoms with van der Waals surface area (Å²) < 4.78 is 34.8. The normalized spacial score (nSPS) is 22.8. The van der Waals surface area contributed by atoms with Gasteiger partial charge in [0.1, 0.15) is 11.5 Å². The number of rotatable bonds is 8. The monoisotopic (exact) mass is 806 g/mol. The number of phenols is 1. The van der Waals surface area contributed by atoms with E-state index in [-0.39, 0.29) is 48.0 Å². The van der Waals surface area contributed by atoms with Crippen molar-refractivity contribution in [2.75, 3.05) is 26.2 Å². The number of ether oxygens (including phenoxy) is 3. The first-order valence-electron chi connectivity index (χ1n) is 17.3. The predicted octanol–water partition coefficient (Wildman–Crippen LogP) is 3.37. The topological polar surface area (TPSA) is 169 Å². The zero-order valence-corrected chi connectivity index (χ0v) is 31.8. The van der Waals surface area contributed by atoms with Gasteiger partial charge in [-0.15, -0.1) is 23.2 Å². The number of para-hydroxylation sites is 1. The van der Waals surface area contributed by atoms with Gasteiger partial charge in [0.25, 0.3) is 17.4 Å². The molecule has 1 aliphatic carbocycles. The number of alkyl halides is 2. The van der Waals surface area contributed by atoms with Crippen molar-refractivity contribution in [1.29, 1.82) is 0 Å². The number of aromatic nitrogens is 5. The highest BCUT2D eigenvalue weighted by Crippen LogP contribution is 2.65. The molecule has 4 heterocycles. The molecule has 4 atom stereocenters. The Morgan fingerprint density at radius 3 is 2.27 bits per heavy atom. The minimum absolute atomic E-state index is 0.00710. The Balaban J connectivity index is 1.24. The number of nitrogens with zero attached hydrogens (tertiary/aromatic N) is 6. The first-order valence-corrected chi connectivity index (χ1v) is 18.1. The van der Waals surface area contributed by atoms with Gasteiger partial charge in [0, 0.05) is 50.0 Å². The third-order valence-corrected chi connectivity index (χ3v) is 12.4. The molecule has 15 nitrogen and oxygen atoms in total. The average molecular weight is 808 g/mol. The largest absolute Gasteiger partial charge is 0.504 e. The van der Waals surface area contributed by atoms with Crippen molar-refractivity contribution in [2.45, 2.75) is 47.6 Å². The molecule has 4 unspecified atom stereocenters. The fourth-order valence-corrected chi connectivity index (χ4v) is 9.18. The zero-order valence-electron chi connectivity index (χ0n) is 30.3. The molecule has 0 bridgehead atoms. The molecule has 56 heavy (non-hydrogen) atoms. The second kappa shape index (κ2) is 13.1. The Bertz CT molecular complexity index is 2720. The molecule has 2 fully saturated rings. The fourth-order valence-electron chi connectivity index (χ4n) is 8.27. The highest BCUT2D eigenvalue weighted by atomic mass is 35.5. The number of allylic oxidation sites excluding steroid dienone is 2. The second-order valence-corrected chi connectivity index (χ2v) is 14.9. The van der Waals surface area contributed by atoms with E-state index in [9.17, 15) is 33.5 Å². The van der Waals surface area contributed by atoms with Crippen LogP contribution in [0.25, 0.3) is 11.0 Å². The number of aryl methyl sites for hydroxylation is 2. The number of hydrogen-bond acceptors (Lipinski definition) is 10. The van der Waals surface area contributed by atoms with Crippen LogP contribution in [0.4, 0.5) is 10.1 Å². The molecule has 1 N–H and O–H groups in total. The molecular weight excluding hydrogens is 774 g/mol. The molecule has 18 heteroatoms. The van der Waals surface area contributed by atoms with E-state index in [0.717, 1.165) is 21.6 Å². The van der Waals surface area contributed by atoms with Gasteiger partial charge in [-0.3, -0.25) is 14.4 Å². The number of halogens is 3. The van der Waals surface area contributed by atoms with E-state index in [1.54, 1.807) is 31.3 Å². The van der Waals surface area contributed by atoms with Crippen LogP contribution >= 0.6 is 23.2 Å². The van der Waals surface area contributed by atoms with E-state index in [0.29, 0.717) is 28.1 Å². The Morgan fingerprint density at radius 1 is 0.911 bits per heavy atom. The van der Waals surface area contributed by atoms with Crippen LogP contribution in [-0.4, -0.2) is 71.5 Å². The van der Waals surface area contributed by atoms with Crippen LogP contribution in [0.1, 0.15) is 29.6 Å². The van der Waals surface area contributed by atoms with Gasteiger partial charge in [-0.1, -0.05) is 18.2 Å². The summed E-state index contributed by atoms with van der Waals surface area (Å²) in [5.74, 6) is -3.35. The van der Waals surface area contributed by atoms with Crippen LogP contribution in [0.3, 0.4) is 0 Å². The molecular formula is C38H33Cl2FN6O9. The maximum atomic E-state index is 14.6. The van der Waals surface area contributed by atoms with Gasteiger partial charge >= 0.3 is 11.4 Å². The second-order valence-electron chi connectivity index (χ2n) is 13.7. The molecule has 0 radical (unpaired) electrons. The van der Waals surface area contributed by atoms with Crippen molar-refractivity contribution >= 4 is 51.7 Å². The molecule has 2 aromatic heterocycles. The number of aromatic hydroxyl groups is 1. The first-order chi connectivity index (χ1) is 26.7. The van der Waals surface area contributed by atoms with Gasteiger partial charge in [0.2, 0.25) is 0 Å². The van der Waals surface area contributed by atoms with Gasteiger partial charge in [-0.2, -0.15) is 0 Å². The van der Waals surface area contributed by atoms with Crippen LogP contribution in [0.2, 0.25) is 0 Å². The van der Waals surface area contributed by atoms with Gasteiger partial charge in [0.15, 0.2) is 32.7 Å². The van der Waals surface area contributed by atoms with Crippen LogP contribution in [0, 0.1) is 5.82 Å². The molecule has 2 aliphatic heterocycles. The molecule has 5 aromatic rings. The zero-order chi connectivity index (χ0) is 40.0. The molecule has 2 amide bonds. The van der Waals surface area contributed by atoms with Crippen molar-refractivity contribution in [3.63, 3.8) is 0 Å². The molecule has 1 saturated heterocycles. The summed E-state index contributed by atoms with van der Waals surface area (Å²) in [4.78, 5) is 71.6. The smallest absolute Gasteiger partial charge is 0.347 e. The van der Waals surface area contributed by atoms with Crippen molar-refractivity contribution in [3.8, 4) is 23.0 Å². The molecule has 3 aliphatic rings. The molecule has 3 aromatic carbocycles. The van der Waals surface area contributed by atoms with E-state index < -0.39 is 62.7 Å². The average Bonchev–Trinajstić information content (AvgIpc) is 3.52. The Labute approximate surface area is 326 Å². The number of imide groups is 1. The highest BCUT2D eigenvalue weighted by Gasteiger charge is 2.76. The molecule has 1 saturated carbocycles. The number of amides is 2. The minimum atomic E-state index is -2.28. The van der Waals surface area contributed by atoms with Crippen molar-refractivity contribution < 1.29 is 33.3 Å². The van der Waals surface area contributed by atoms with Gasteiger partial charge in [-0.25, -0.2) is 37.8 Å². The number of phenolic OH excluding ortho intramolecular Hbond substituents is 1. The highest BCUT2D eigenvalue weighted by molar-refractivity contribution is 6.58. The summed E-state index contributed by atoms with van der Waals surface area (Å²) in [6, 6.07) is 11.3. The summed E-state index contributed by atoms with van der Waals surface area (Å²) >= 11 is 14.7. The number of hydrogen-bond donors (Lipinski definition) is 1. The lowest BCUT2D eigenvalue weighted by molar-refractivity contribution is -0.122. The Hall–Kier alpha value is -5.87. The van der Waals surface area contributed by atoms with E-state index >= 15 is 0 Å². The standard InChI is InChI=1S/C38H33Cl2FN6O9/c1-43-25-17-29(56-4)28(55-3)16-24(25)42-23(32(43)49)13-14-44-35(52)45-15-12-21-26(47(45)36(44)53)18-37(39)33(50)46(20-10-8-19(41)9-11-20)34(51)38(37,40)30(21)22-6-5-7-27(54-2)31(22)48/h5-12,16-17,26,30,48H,13-15,18H2,1-4H3. The van der Waals surface area contributed by atoms with Crippen LogP contribution < -0.4 is 36.0 Å². The van der Waals surface area contributed by atoms with Crippen molar-refractivity contribution in [3.05, 3.63) is 115 Å². The summed E-state index contributed by atoms with van der Waals surface area (Å²) in [5, 5.41) is 11.5. The summed E-state index contributed by atoms with van der Waals surface area (Å²) in [5.41, 5.74) is -0.520. The molecule has 8 rings (SSSR count). The maximum Gasteiger partial charge on any atom is 0.347 e. The Morgan fingerprint density at radius 2 is 1.59 bits per heavy atom. The van der Waals surface area contributed by atoms with Gasteiger partial charge in [-0.05, 0) is 35.9 Å².